The molecule has 6 heteroatoms. The average molecular weight is 258 g/mol. The summed E-state index contributed by atoms with van der Waals surface area (Å²) >= 11 is 11.8. The summed E-state index contributed by atoms with van der Waals surface area (Å²) in [5, 5.41) is 3.86. The normalized spacial score (nSPS) is 10.6. The third-order valence-electron chi connectivity index (χ3n) is 2.15. The molecule has 0 fully saturated rings. The van der Waals surface area contributed by atoms with Crippen LogP contribution in [0.5, 0.6) is 0 Å². The second kappa shape index (κ2) is 4.23. The third-order valence-corrected chi connectivity index (χ3v) is 2.75. The Morgan fingerprint density at radius 2 is 2.06 bits per heavy atom. The number of rotatable bonds is 2. The highest BCUT2D eigenvalue weighted by molar-refractivity contribution is 6.33. The van der Waals surface area contributed by atoms with Gasteiger partial charge in [-0.25, -0.2) is 4.68 Å². The van der Waals surface area contributed by atoms with Crippen LogP contribution in [0.25, 0.3) is 0 Å². The monoisotopic (exact) mass is 257 g/mol. The summed E-state index contributed by atoms with van der Waals surface area (Å²) in [5.74, 6) is 0.322. The number of nitrogen functional groups attached to an aromatic ring is 1. The molecule has 84 valence electrons. The van der Waals surface area contributed by atoms with Gasteiger partial charge in [0.05, 0.1) is 6.54 Å². The molecule has 0 atom stereocenters. The number of halogens is 2. The minimum atomic E-state index is -0.200. The van der Waals surface area contributed by atoms with E-state index in [-0.39, 0.29) is 5.56 Å². The van der Waals surface area contributed by atoms with Crippen LogP contribution in [0.4, 0.5) is 5.82 Å². The highest BCUT2D eigenvalue weighted by Crippen LogP contribution is 2.20. The van der Waals surface area contributed by atoms with Crippen molar-refractivity contribution in [2.45, 2.75) is 6.54 Å². The Bertz CT molecular complexity index is 574. The Morgan fingerprint density at radius 3 is 2.69 bits per heavy atom. The number of nitrogens with zero attached hydrogens (tertiary/aromatic N) is 1. The minimum Gasteiger partial charge on any atom is -0.384 e. The zero-order valence-electron chi connectivity index (χ0n) is 8.21. The molecule has 2 rings (SSSR count). The summed E-state index contributed by atoms with van der Waals surface area (Å²) in [6, 6.07) is 6.42. The molecule has 16 heavy (non-hydrogen) atoms. The molecule has 0 aliphatic rings. The molecule has 0 unspecified atom stereocenters. The van der Waals surface area contributed by atoms with Gasteiger partial charge in [0, 0.05) is 16.1 Å². The van der Waals surface area contributed by atoms with Crippen molar-refractivity contribution in [2.75, 3.05) is 5.73 Å². The maximum atomic E-state index is 11.4. The molecule has 1 aromatic heterocycles. The van der Waals surface area contributed by atoms with Crippen LogP contribution in [-0.2, 0) is 6.54 Å². The number of hydrogen-bond donors (Lipinski definition) is 2. The summed E-state index contributed by atoms with van der Waals surface area (Å²) in [7, 11) is 0. The number of nitrogens with two attached hydrogens (primary N) is 1. The van der Waals surface area contributed by atoms with Gasteiger partial charge in [-0.3, -0.25) is 9.89 Å². The van der Waals surface area contributed by atoms with Gasteiger partial charge in [0.2, 0.25) is 0 Å². The summed E-state index contributed by atoms with van der Waals surface area (Å²) in [4.78, 5) is 11.4. The van der Waals surface area contributed by atoms with Gasteiger partial charge in [0.25, 0.3) is 5.56 Å². The van der Waals surface area contributed by atoms with Gasteiger partial charge in [-0.15, -0.1) is 0 Å². The maximum absolute atomic E-state index is 11.4. The highest BCUT2D eigenvalue weighted by Gasteiger charge is 2.05. The van der Waals surface area contributed by atoms with Crippen molar-refractivity contribution in [3.63, 3.8) is 0 Å². The van der Waals surface area contributed by atoms with Crippen molar-refractivity contribution in [3.8, 4) is 0 Å². The van der Waals surface area contributed by atoms with Crippen molar-refractivity contribution in [3.05, 3.63) is 50.2 Å². The van der Waals surface area contributed by atoms with Crippen molar-refractivity contribution < 1.29 is 0 Å². The molecule has 0 bridgehead atoms. The standard InChI is InChI=1S/C10H9Cl2N3O/c11-7-1-2-8(12)6(3-7)5-15-10(16)4-9(13)14-15/h1-4,14H,5,13H2. The molecule has 4 nitrogen and oxygen atoms in total. The average Bonchev–Trinajstić information content (AvgIpc) is 2.51. The molecule has 3 N–H and O–H groups in total. The fourth-order valence-electron chi connectivity index (χ4n) is 1.41. The number of aromatic amines is 1. The van der Waals surface area contributed by atoms with E-state index in [0.717, 1.165) is 5.56 Å². The largest absolute Gasteiger partial charge is 0.384 e. The number of hydrogen-bond acceptors (Lipinski definition) is 2. The van der Waals surface area contributed by atoms with Gasteiger partial charge >= 0.3 is 0 Å². The van der Waals surface area contributed by atoms with Gasteiger partial charge in [-0.1, -0.05) is 23.2 Å². The van der Waals surface area contributed by atoms with E-state index in [1.807, 2.05) is 0 Å². The maximum Gasteiger partial charge on any atom is 0.268 e. The van der Waals surface area contributed by atoms with Crippen molar-refractivity contribution in [2.24, 2.45) is 0 Å². The summed E-state index contributed by atoms with van der Waals surface area (Å²) in [6.45, 7) is 0.315. The predicted molar refractivity (Wildman–Crippen MR) is 65.0 cm³/mol. The van der Waals surface area contributed by atoms with Crippen LogP contribution in [0.3, 0.4) is 0 Å². The van der Waals surface area contributed by atoms with Crippen molar-refractivity contribution in [1.82, 2.24) is 9.78 Å². The molecule has 0 spiro atoms. The zero-order valence-corrected chi connectivity index (χ0v) is 9.72. The van der Waals surface area contributed by atoms with Crippen LogP contribution in [0.15, 0.2) is 29.1 Å². The van der Waals surface area contributed by atoms with Crippen molar-refractivity contribution >= 4 is 29.0 Å². The molecular formula is C10H9Cl2N3O. The first-order valence-electron chi connectivity index (χ1n) is 4.55. The van der Waals surface area contributed by atoms with Crippen LogP contribution in [0.1, 0.15) is 5.56 Å². The molecule has 1 aromatic carbocycles. The molecule has 0 amide bonds. The molecule has 0 aliphatic carbocycles. The molecular weight excluding hydrogens is 249 g/mol. The summed E-state index contributed by atoms with van der Waals surface area (Å²) < 4.78 is 1.37. The Balaban J connectivity index is 2.37. The smallest absolute Gasteiger partial charge is 0.268 e. The first kappa shape index (κ1) is 11.1. The lowest BCUT2D eigenvalue weighted by molar-refractivity contribution is 0.667. The van der Waals surface area contributed by atoms with Crippen LogP contribution in [0, 0.1) is 0 Å². The number of H-pyrrole nitrogens is 1. The summed E-state index contributed by atoms with van der Waals surface area (Å²) in [5.41, 5.74) is 6.03. The van der Waals surface area contributed by atoms with E-state index in [1.165, 1.54) is 10.7 Å². The molecule has 2 aromatic rings. The first-order valence-corrected chi connectivity index (χ1v) is 5.31. The predicted octanol–water partition coefficient (Wildman–Crippen LogP) is 2.11. The SMILES string of the molecule is Nc1cc(=O)n(Cc2cc(Cl)ccc2Cl)[nH]1. The van der Waals surface area contributed by atoms with E-state index in [0.29, 0.717) is 22.4 Å². The highest BCUT2D eigenvalue weighted by atomic mass is 35.5. The summed E-state index contributed by atoms with van der Waals surface area (Å²) in [6.07, 6.45) is 0. The van der Waals surface area contributed by atoms with E-state index in [4.69, 9.17) is 28.9 Å². The molecule has 1 heterocycles. The Hall–Kier alpha value is -1.39. The first-order chi connectivity index (χ1) is 7.56. The van der Waals surface area contributed by atoms with Gasteiger partial charge in [0.1, 0.15) is 5.82 Å². The Morgan fingerprint density at radius 1 is 1.31 bits per heavy atom. The van der Waals surface area contributed by atoms with Gasteiger partial charge in [-0.05, 0) is 23.8 Å². The zero-order chi connectivity index (χ0) is 11.7. The quantitative estimate of drug-likeness (QED) is 0.866. The number of anilines is 1. The van der Waals surface area contributed by atoms with Crippen LogP contribution in [-0.4, -0.2) is 9.78 Å². The number of aromatic nitrogens is 2. The molecule has 0 saturated carbocycles. The lowest BCUT2D eigenvalue weighted by Gasteiger charge is -2.05. The lowest BCUT2D eigenvalue weighted by Crippen LogP contribution is -2.16. The van der Waals surface area contributed by atoms with Crippen molar-refractivity contribution in [1.29, 1.82) is 0 Å². The van der Waals surface area contributed by atoms with E-state index in [9.17, 15) is 4.79 Å². The van der Waals surface area contributed by atoms with E-state index >= 15 is 0 Å². The van der Waals surface area contributed by atoms with E-state index in [1.54, 1.807) is 18.2 Å². The lowest BCUT2D eigenvalue weighted by atomic mass is 10.2. The Kier molecular flexibility index (Phi) is 2.94. The fraction of sp³-hybridized carbons (Fsp3) is 0.100. The van der Waals surface area contributed by atoms with E-state index in [2.05, 4.69) is 5.10 Å². The van der Waals surface area contributed by atoms with Gasteiger partial charge in [-0.2, -0.15) is 0 Å². The van der Waals surface area contributed by atoms with Crippen LogP contribution >= 0.6 is 23.2 Å². The fourth-order valence-corrected chi connectivity index (χ4v) is 1.78. The van der Waals surface area contributed by atoms with Crippen LogP contribution < -0.4 is 11.3 Å². The second-order valence-corrected chi connectivity index (χ2v) is 4.22. The van der Waals surface area contributed by atoms with Crippen LogP contribution in [0.2, 0.25) is 10.0 Å². The second-order valence-electron chi connectivity index (χ2n) is 3.37. The van der Waals surface area contributed by atoms with Gasteiger partial charge < -0.3 is 5.73 Å². The molecule has 0 saturated heterocycles. The third kappa shape index (κ3) is 2.23. The number of benzene rings is 1. The topological polar surface area (TPSA) is 63.8 Å². The minimum absolute atomic E-state index is 0.200. The number of nitrogens with one attached hydrogen (secondary N) is 1. The Labute approximate surface area is 102 Å². The molecule has 0 radical (unpaired) electrons. The van der Waals surface area contributed by atoms with Gasteiger partial charge in [0.15, 0.2) is 0 Å². The molecule has 0 aliphatic heterocycles. The van der Waals surface area contributed by atoms with E-state index < -0.39 is 0 Å².